The van der Waals surface area contributed by atoms with Crippen LogP contribution in [-0.4, -0.2) is 61.3 Å². The lowest BCUT2D eigenvalue weighted by Crippen LogP contribution is -2.55. The maximum Gasteiger partial charge on any atom is 0.416 e. The van der Waals surface area contributed by atoms with E-state index < -0.39 is 73.5 Å². The average molecular weight is 484 g/mol. The summed E-state index contributed by atoms with van der Waals surface area (Å²) in [7, 11) is 0. The number of rotatable bonds is 4. The van der Waals surface area contributed by atoms with Crippen molar-refractivity contribution in [3.8, 4) is 0 Å². The fraction of sp³-hybridized carbons (Fsp3) is 0.550. The predicted octanol–water partition coefficient (Wildman–Crippen LogP) is 3.81. The number of nitrogens with one attached hydrogen (secondary N) is 1. The van der Waals surface area contributed by atoms with Gasteiger partial charge in [-0.1, -0.05) is 0 Å². The average Bonchev–Trinajstić information content (AvgIpc) is 3.04. The molecule has 182 valence electrons. The predicted molar refractivity (Wildman–Crippen MR) is 101 cm³/mol. The normalized spacial score (nSPS) is 24.7. The second-order valence-electron chi connectivity index (χ2n) is 8.14. The van der Waals surface area contributed by atoms with Crippen LogP contribution in [0.1, 0.15) is 29.0 Å². The Hall–Kier alpha value is -2.54. The molecule has 1 aromatic carbocycles. The van der Waals surface area contributed by atoms with E-state index >= 15 is 8.78 Å². The van der Waals surface area contributed by atoms with Gasteiger partial charge in [-0.3, -0.25) is 4.79 Å². The molecule has 0 bridgehead atoms. The molecule has 2 unspecified atom stereocenters. The molecule has 2 aromatic rings. The van der Waals surface area contributed by atoms with Crippen LogP contribution in [0.25, 0.3) is 11.0 Å². The van der Waals surface area contributed by atoms with Crippen LogP contribution in [0.15, 0.2) is 22.6 Å². The highest BCUT2D eigenvalue weighted by molar-refractivity contribution is 6.07. The molecule has 4 rings (SSSR count). The molecule has 1 fully saturated rings. The Morgan fingerprint density at radius 1 is 1.24 bits per heavy atom. The fourth-order valence-corrected chi connectivity index (χ4v) is 4.07. The molecular formula is C20H19F7N2O4. The quantitative estimate of drug-likeness (QED) is 0.646. The molecule has 3 heterocycles. The van der Waals surface area contributed by atoms with E-state index in [1.807, 2.05) is 0 Å². The molecule has 0 radical (unpaired) electrons. The fourth-order valence-electron chi connectivity index (χ4n) is 4.07. The number of furan rings is 1. The van der Waals surface area contributed by atoms with E-state index in [0.29, 0.717) is 6.07 Å². The van der Waals surface area contributed by atoms with Gasteiger partial charge >= 0.3 is 6.18 Å². The largest absolute Gasteiger partial charge is 0.449 e. The lowest BCUT2D eigenvalue weighted by molar-refractivity contribution is -0.219. The smallest absolute Gasteiger partial charge is 0.416 e. The number of alkyl halides is 7. The second kappa shape index (κ2) is 8.05. The number of nitrogens with zero attached hydrogens (tertiary/aromatic N) is 1. The zero-order chi connectivity index (χ0) is 24.2. The van der Waals surface area contributed by atoms with Crippen LogP contribution >= 0.6 is 0 Å². The van der Waals surface area contributed by atoms with Crippen molar-refractivity contribution in [2.45, 2.75) is 43.1 Å². The van der Waals surface area contributed by atoms with Gasteiger partial charge in [0.15, 0.2) is 0 Å². The summed E-state index contributed by atoms with van der Waals surface area (Å²) in [5.41, 5.74) is -4.07. The van der Waals surface area contributed by atoms with Gasteiger partial charge in [-0.2, -0.15) is 13.2 Å². The van der Waals surface area contributed by atoms with Gasteiger partial charge < -0.3 is 24.5 Å². The number of carbonyl (C=O) groups is 1. The molecule has 2 aliphatic heterocycles. The first-order valence-corrected chi connectivity index (χ1v) is 9.99. The van der Waals surface area contributed by atoms with E-state index in [9.17, 15) is 31.9 Å². The van der Waals surface area contributed by atoms with Crippen LogP contribution in [0.5, 0.6) is 0 Å². The maximum absolute atomic E-state index is 15.2. The molecule has 0 aliphatic carbocycles. The molecule has 2 aliphatic rings. The zero-order valence-corrected chi connectivity index (χ0v) is 16.9. The molecule has 0 spiro atoms. The van der Waals surface area contributed by atoms with Crippen molar-refractivity contribution in [1.82, 2.24) is 5.32 Å². The topological polar surface area (TPSA) is 74.9 Å². The third-order valence-corrected chi connectivity index (χ3v) is 5.85. The van der Waals surface area contributed by atoms with Crippen LogP contribution < -0.4 is 10.2 Å². The SMILES string of the molecule is O=C1NCCN(CC(F)(F)C2CC(O)(C(F)F)CCO2)c2c1oc1ccc(C(F)(F)F)cc21. The molecule has 33 heavy (non-hydrogen) atoms. The van der Waals surface area contributed by atoms with Crippen molar-refractivity contribution in [3.63, 3.8) is 0 Å². The van der Waals surface area contributed by atoms with E-state index in [1.54, 1.807) is 0 Å². The van der Waals surface area contributed by atoms with Crippen LogP contribution in [0.2, 0.25) is 0 Å². The zero-order valence-electron chi connectivity index (χ0n) is 16.9. The van der Waals surface area contributed by atoms with Gasteiger partial charge in [0.1, 0.15) is 17.3 Å². The monoisotopic (exact) mass is 484 g/mol. The summed E-state index contributed by atoms with van der Waals surface area (Å²) in [6, 6.07) is 2.43. The lowest BCUT2D eigenvalue weighted by atomic mass is 9.88. The number of carbonyl (C=O) groups excluding carboxylic acids is 1. The van der Waals surface area contributed by atoms with Gasteiger partial charge in [0.25, 0.3) is 18.3 Å². The summed E-state index contributed by atoms with van der Waals surface area (Å²) in [4.78, 5) is 13.3. The van der Waals surface area contributed by atoms with Gasteiger partial charge in [0, 0.05) is 31.3 Å². The van der Waals surface area contributed by atoms with Gasteiger partial charge in [-0.15, -0.1) is 0 Å². The Morgan fingerprint density at radius 3 is 2.64 bits per heavy atom. The number of fused-ring (bicyclic) bond motifs is 3. The first kappa shape index (κ1) is 23.6. The van der Waals surface area contributed by atoms with Gasteiger partial charge in [0.05, 0.1) is 24.4 Å². The number of hydrogen-bond acceptors (Lipinski definition) is 5. The number of anilines is 1. The van der Waals surface area contributed by atoms with Crippen molar-refractivity contribution in [2.75, 3.05) is 31.1 Å². The summed E-state index contributed by atoms with van der Waals surface area (Å²) in [5, 5.41) is 12.2. The summed E-state index contributed by atoms with van der Waals surface area (Å²) in [6.45, 7) is -2.02. The Balaban J connectivity index is 1.71. The Morgan fingerprint density at radius 2 is 1.97 bits per heavy atom. The highest BCUT2D eigenvalue weighted by atomic mass is 19.4. The van der Waals surface area contributed by atoms with Crippen molar-refractivity contribution in [3.05, 3.63) is 29.5 Å². The maximum atomic E-state index is 15.2. The standard InChI is InChI=1S/C20H19F7N2O4/c21-17(22)18(31)3-6-32-13(8-18)19(23,24)9-29-5-4-28-16(30)15-14(29)11-7-10(20(25,26)27)1-2-12(11)33-15/h1-2,7,13,17,31H,3-6,8-9H2,(H,28,30). The number of amides is 1. The van der Waals surface area contributed by atoms with Crippen LogP contribution in [0, 0.1) is 0 Å². The molecule has 1 saturated heterocycles. The number of halogens is 7. The van der Waals surface area contributed by atoms with E-state index in [2.05, 4.69) is 5.32 Å². The molecule has 6 nitrogen and oxygen atoms in total. The van der Waals surface area contributed by atoms with E-state index in [1.165, 1.54) is 0 Å². The number of benzene rings is 1. The van der Waals surface area contributed by atoms with E-state index in [4.69, 9.17) is 9.15 Å². The molecule has 0 saturated carbocycles. The Kier molecular flexibility index (Phi) is 5.76. The third kappa shape index (κ3) is 4.35. The van der Waals surface area contributed by atoms with Crippen LogP contribution in [0.3, 0.4) is 0 Å². The van der Waals surface area contributed by atoms with E-state index in [0.717, 1.165) is 17.0 Å². The van der Waals surface area contributed by atoms with Crippen molar-refractivity contribution >= 4 is 22.6 Å². The minimum Gasteiger partial charge on any atom is -0.449 e. The van der Waals surface area contributed by atoms with Crippen LogP contribution in [-0.2, 0) is 10.9 Å². The van der Waals surface area contributed by atoms with Crippen molar-refractivity contribution < 1.29 is 49.8 Å². The van der Waals surface area contributed by atoms with Gasteiger partial charge in [0.2, 0.25) is 5.76 Å². The van der Waals surface area contributed by atoms with Crippen LogP contribution in [0.4, 0.5) is 36.4 Å². The highest BCUT2D eigenvalue weighted by Crippen LogP contribution is 2.42. The third-order valence-electron chi connectivity index (χ3n) is 5.85. The second-order valence-corrected chi connectivity index (χ2v) is 8.14. The summed E-state index contributed by atoms with van der Waals surface area (Å²) >= 11 is 0. The highest BCUT2D eigenvalue weighted by Gasteiger charge is 2.52. The molecule has 2 atom stereocenters. The Labute approximate surface area is 182 Å². The molecule has 1 aromatic heterocycles. The summed E-state index contributed by atoms with van der Waals surface area (Å²) in [6.07, 6.45) is -11.6. The summed E-state index contributed by atoms with van der Waals surface area (Å²) < 4.78 is 107. The molecule has 13 heteroatoms. The molecule has 2 N–H and O–H groups in total. The molecule has 1 amide bonds. The first-order chi connectivity index (χ1) is 15.3. The number of hydrogen-bond donors (Lipinski definition) is 2. The lowest BCUT2D eigenvalue weighted by Gasteiger charge is -2.40. The van der Waals surface area contributed by atoms with Gasteiger partial charge in [-0.25, -0.2) is 17.6 Å². The number of aliphatic hydroxyl groups is 1. The van der Waals surface area contributed by atoms with Gasteiger partial charge in [-0.05, 0) is 18.2 Å². The molecular weight excluding hydrogens is 465 g/mol. The minimum atomic E-state index is -4.73. The summed E-state index contributed by atoms with van der Waals surface area (Å²) in [5.74, 6) is -5.02. The minimum absolute atomic E-state index is 0.112. The van der Waals surface area contributed by atoms with Crippen molar-refractivity contribution in [2.24, 2.45) is 0 Å². The first-order valence-electron chi connectivity index (χ1n) is 9.99. The Bertz CT molecular complexity index is 1050. The number of ether oxygens (including phenoxy) is 1. The van der Waals surface area contributed by atoms with E-state index in [-0.39, 0.29) is 29.7 Å². The van der Waals surface area contributed by atoms with Crippen molar-refractivity contribution in [1.29, 1.82) is 0 Å².